The van der Waals surface area contributed by atoms with Crippen LogP contribution in [-0.2, 0) is 0 Å². The van der Waals surface area contributed by atoms with E-state index in [1.54, 1.807) is 18.2 Å². The minimum atomic E-state index is -1.04. The number of halogens is 1. The third kappa shape index (κ3) is 2.31. The van der Waals surface area contributed by atoms with Gasteiger partial charge in [-0.2, -0.15) is 5.26 Å². The van der Waals surface area contributed by atoms with Crippen LogP contribution in [0.1, 0.15) is 15.9 Å². The van der Waals surface area contributed by atoms with Gasteiger partial charge in [0.1, 0.15) is 6.07 Å². The first kappa shape index (κ1) is 12.1. The van der Waals surface area contributed by atoms with Crippen molar-refractivity contribution in [3.63, 3.8) is 0 Å². The molecule has 0 saturated carbocycles. The molecule has 0 bridgehead atoms. The summed E-state index contributed by atoms with van der Waals surface area (Å²) in [7, 11) is 0. The molecule has 0 saturated heterocycles. The maximum atomic E-state index is 10.8. The number of hydrogen-bond acceptors (Lipinski definition) is 3. The van der Waals surface area contributed by atoms with Crippen LogP contribution < -0.4 is 0 Å². The molecular weight excluding hydrogens is 252 g/mol. The molecule has 0 aliphatic carbocycles. The second-order valence-electron chi connectivity index (χ2n) is 3.57. The average molecular weight is 259 g/mol. The first-order chi connectivity index (χ1) is 8.61. The fraction of sp³-hybridized carbons (Fsp3) is 0. The van der Waals surface area contributed by atoms with Gasteiger partial charge in [-0.3, -0.25) is 4.98 Å². The second-order valence-corrected chi connectivity index (χ2v) is 3.98. The van der Waals surface area contributed by atoms with Crippen molar-refractivity contribution in [1.82, 2.24) is 4.98 Å². The number of carboxylic acid groups (broad SMARTS) is 1. The lowest BCUT2D eigenvalue weighted by Crippen LogP contribution is -1.97. The van der Waals surface area contributed by atoms with E-state index in [1.165, 1.54) is 18.5 Å². The summed E-state index contributed by atoms with van der Waals surface area (Å²) in [4.78, 5) is 14.7. The molecule has 2 aromatic rings. The number of carbonyl (C=O) groups is 1. The Balaban J connectivity index is 2.52. The summed E-state index contributed by atoms with van der Waals surface area (Å²) in [6, 6.07) is 8.39. The molecule has 1 heterocycles. The molecule has 1 N–H and O–H groups in total. The Morgan fingerprint density at radius 3 is 2.72 bits per heavy atom. The SMILES string of the molecule is N#Cc1cc(-c2cncc(C(=O)O)c2)ccc1Cl. The molecular formula is C13H7ClN2O2. The van der Waals surface area contributed by atoms with Gasteiger partial charge in [0.25, 0.3) is 0 Å². The summed E-state index contributed by atoms with van der Waals surface area (Å²) in [5.74, 6) is -1.04. The van der Waals surface area contributed by atoms with Crippen LogP contribution in [0, 0.1) is 11.3 Å². The number of aromatic nitrogens is 1. The normalized spacial score (nSPS) is 9.78. The molecule has 0 aliphatic heterocycles. The number of carboxylic acids is 1. The molecule has 5 heteroatoms. The number of aromatic carboxylic acids is 1. The third-order valence-electron chi connectivity index (χ3n) is 2.41. The smallest absolute Gasteiger partial charge is 0.337 e. The van der Waals surface area contributed by atoms with Crippen molar-refractivity contribution in [2.75, 3.05) is 0 Å². The standard InChI is InChI=1S/C13H7ClN2O2/c14-12-2-1-8(3-9(12)5-15)10-4-11(13(17)18)7-16-6-10/h1-4,6-7H,(H,17,18). The Hall–Kier alpha value is -2.38. The number of benzene rings is 1. The number of hydrogen-bond donors (Lipinski definition) is 1. The van der Waals surface area contributed by atoms with E-state index in [2.05, 4.69) is 4.98 Å². The maximum Gasteiger partial charge on any atom is 0.337 e. The van der Waals surface area contributed by atoms with Crippen LogP contribution in [0.15, 0.2) is 36.7 Å². The van der Waals surface area contributed by atoms with Gasteiger partial charge in [0, 0.05) is 18.0 Å². The lowest BCUT2D eigenvalue weighted by atomic mass is 10.0. The van der Waals surface area contributed by atoms with Crippen LogP contribution in [0.5, 0.6) is 0 Å². The van der Waals surface area contributed by atoms with Crippen LogP contribution in [-0.4, -0.2) is 16.1 Å². The molecule has 0 unspecified atom stereocenters. The van der Waals surface area contributed by atoms with Gasteiger partial charge in [-0.15, -0.1) is 0 Å². The predicted molar refractivity (Wildman–Crippen MR) is 66.4 cm³/mol. The van der Waals surface area contributed by atoms with Crippen LogP contribution in [0.2, 0.25) is 5.02 Å². The lowest BCUT2D eigenvalue weighted by Gasteiger charge is -2.04. The molecule has 18 heavy (non-hydrogen) atoms. The summed E-state index contributed by atoms with van der Waals surface area (Å²) in [5.41, 5.74) is 1.77. The molecule has 0 aliphatic rings. The number of rotatable bonds is 2. The van der Waals surface area contributed by atoms with Crippen molar-refractivity contribution in [2.45, 2.75) is 0 Å². The van der Waals surface area contributed by atoms with Crippen molar-refractivity contribution in [1.29, 1.82) is 5.26 Å². The van der Waals surface area contributed by atoms with Gasteiger partial charge in [-0.25, -0.2) is 4.79 Å². The summed E-state index contributed by atoms with van der Waals surface area (Å²) in [5, 5.41) is 18.1. The Bertz CT molecular complexity index is 662. The maximum absolute atomic E-state index is 10.8. The summed E-state index contributed by atoms with van der Waals surface area (Å²) >= 11 is 5.83. The van der Waals surface area contributed by atoms with Crippen molar-refractivity contribution >= 4 is 17.6 Å². The van der Waals surface area contributed by atoms with Gasteiger partial charge in [-0.05, 0) is 23.8 Å². The van der Waals surface area contributed by atoms with E-state index >= 15 is 0 Å². The van der Waals surface area contributed by atoms with Gasteiger partial charge in [0.05, 0.1) is 16.1 Å². The topological polar surface area (TPSA) is 74.0 Å². The van der Waals surface area contributed by atoms with E-state index in [4.69, 9.17) is 22.0 Å². The van der Waals surface area contributed by atoms with Crippen LogP contribution >= 0.6 is 11.6 Å². The van der Waals surface area contributed by atoms with Crippen molar-refractivity contribution in [3.05, 3.63) is 52.8 Å². The zero-order valence-corrected chi connectivity index (χ0v) is 9.85. The number of pyridine rings is 1. The number of nitriles is 1. The van der Waals surface area contributed by atoms with Gasteiger partial charge >= 0.3 is 5.97 Å². The van der Waals surface area contributed by atoms with Gasteiger partial charge < -0.3 is 5.11 Å². The second kappa shape index (κ2) is 4.86. The van der Waals surface area contributed by atoms with Crippen molar-refractivity contribution in [3.8, 4) is 17.2 Å². The van der Waals surface area contributed by atoms with Crippen molar-refractivity contribution in [2.24, 2.45) is 0 Å². The first-order valence-electron chi connectivity index (χ1n) is 5.00. The minimum absolute atomic E-state index is 0.0981. The molecule has 0 fully saturated rings. The highest BCUT2D eigenvalue weighted by Crippen LogP contribution is 2.24. The van der Waals surface area contributed by atoms with Gasteiger partial charge in [-0.1, -0.05) is 17.7 Å². The molecule has 1 aromatic heterocycles. The third-order valence-corrected chi connectivity index (χ3v) is 2.73. The molecule has 0 amide bonds. The summed E-state index contributed by atoms with van der Waals surface area (Å²) < 4.78 is 0. The molecule has 0 spiro atoms. The van der Waals surface area contributed by atoms with E-state index < -0.39 is 5.97 Å². The molecule has 0 atom stereocenters. The molecule has 0 radical (unpaired) electrons. The summed E-state index contributed by atoms with van der Waals surface area (Å²) in [6.45, 7) is 0. The van der Waals surface area contributed by atoms with E-state index in [1.807, 2.05) is 6.07 Å². The highest BCUT2D eigenvalue weighted by Gasteiger charge is 2.07. The molecule has 4 nitrogen and oxygen atoms in total. The van der Waals surface area contributed by atoms with Crippen molar-refractivity contribution < 1.29 is 9.90 Å². The Morgan fingerprint density at radius 2 is 2.06 bits per heavy atom. The van der Waals surface area contributed by atoms with E-state index in [0.717, 1.165) is 0 Å². The minimum Gasteiger partial charge on any atom is -0.478 e. The monoisotopic (exact) mass is 258 g/mol. The van der Waals surface area contributed by atoms with Gasteiger partial charge in [0.2, 0.25) is 0 Å². The largest absolute Gasteiger partial charge is 0.478 e. The summed E-state index contributed by atoms with van der Waals surface area (Å²) in [6.07, 6.45) is 2.81. The highest BCUT2D eigenvalue weighted by atomic mass is 35.5. The van der Waals surface area contributed by atoms with Crippen LogP contribution in [0.4, 0.5) is 0 Å². The van der Waals surface area contributed by atoms with E-state index in [-0.39, 0.29) is 5.56 Å². The van der Waals surface area contributed by atoms with Crippen LogP contribution in [0.25, 0.3) is 11.1 Å². The molecule has 88 valence electrons. The zero-order valence-electron chi connectivity index (χ0n) is 9.09. The Morgan fingerprint density at radius 1 is 1.28 bits per heavy atom. The predicted octanol–water partition coefficient (Wildman–Crippen LogP) is 2.97. The Labute approximate surface area is 108 Å². The van der Waals surface area contributed by atoms with E-state index in [0.29, 0.717) is 21.7 Å². The highest BCUT2D eigenvalue weighted by molar-refractivity contribution is 6.31. The average Bonchev–Trinajstić information content (AvgIpc) is 2.39. The fourth-order valence-electron chi connectivity index (χ4n) is 1.51. The molecule has 2 rings (SSSR count). The van der Waals surface area contributed by atoms with E-state index in [9.17, 15) is 4.79 Å². The lowest BCUT2D eigenvalue weighted by molar-refractivity contribution is 0.0696. The first-order valence-corrected chi connectivity index (χ1v) is 5.38. The van der Waals surface area contributed by atoms with Gasteiger partial charge in [0.15, 0.2) is 0 Å². The Kier molecular flexibility index (Phi) is 3.26. The number of nitrogens with zero attached hydrogens (tertiary/aromatic N) is 2. The quantitative estimate of drug-likeness (QED) is 0.899. The zero-order chi connectivity index (χ0) is 13.1. The fourth-order valence-corrected chi connectivity index (χ4v) is 1.67. The molecule has 1 aromatic carbocycles. The van der Waals surface area contributed by atoms with Crippen LogP contribution in [0.3, 0.4) is 0 Å².